The maximum Gasteiger partial charge on any atom is 0.272 e. The molecule has 3 heterocycles. The summed E-state index contributed by atoms with van der Waals surface area (Å²) in [5.41, 5.74) is 3.11. The summed E-state index contributed by atoms with van der Waals surface area (Å²) in [7, 11) is 3.87. The van der Waals surface area contributed by atoms with Crippen molar-refractivity contribution in [1.29, 1.82) is 0 Å². The maximum atomic E-state index is 12.5. The lowest BCUT2D eigenvalue weighted by Crippen LogP contribution is -2.27. The van der Waals surface area contributed by atoms with Crippen LogP contribution in [-0.4, -0.2) is 41.3 Å². The van der Waals surface area contributed by atoms with Crippen LogP contribution in [0.15, 0.2) is 18.2 Å². The van der Waals surface area contributed by atoms with Crippen LogP contribution in [0.25, 0.3) is 0 Å². The van der Waals surface area contributed by atoms with Gasteiger partial charge in [0.2, 0.25) is 0 Å². The van der Waals surface area contributed by atoms with Crippen molar-refractivity contribution in [2.45, 2.75) is 39.0 Å². The maximum absolute atomic E-state index is 12.5. The van der Waals surface area contributed by atoms with Crippen molar-refractivity contribution in [3.8, 4) is 0 Å². The summed E-state index contributed by atoms with van der Waals surface area (Å²) in [4.78, 5) is 18.9. The van der Waals surface area contributed by atoms with E-state index in [2.05, 4.69) is 20.5 Å². The average molecular weight is 329 g/mol. The van der Waals surface area contributed by atoms with E-state index in [9.17, 15) is 4.79 Å². The van der Waals surface area contributed by atoms with Crippen molar-refractivity contribution in [1.82, 2.24) is 20.5 Å². The number of rotatable bonds is 4. The van der Waals surface area contributed by atoms with Gasteiger partial charge in [0, 0.05) is 26.1 Å². The van der Waals surface area contributed by atoms with Crippen molar-refractivity contribution >= 4 is 11.7 Å². The van der Waals surface area contributed by atoms with Gasteiger partial charge in [-0.3, -0.25) is 9.89 Å². The predicted molar refractivity (Wildman–Crippen MR) is 91.0 cm³/mol. The molecule has 128 valence electrons. The molecule has 0 saturated heterocycles. The lowest BCUT2D eigenvalue weighted by molar-refractivity contribution is -0.00697. The smallest absolute Gasteiger partial charge is 0.272 e. The number of aromatic nitrogens is 3. The fourth-order valence-electron chi connectivity index (χ4n) is 2.93. The van der Waals surface area contributed by atoms with Crippen molar-refractivity contribution in [2.75, 3.05) is 19.0 Å². The minimum atomic E-state index is -0.189. The third-order valence-corrected chi connectivity index (χ3v) is 4.13. The highest BCUT2D eigenvalue weighted by molar-refractivity contribution is 5.94. The standard InChI is InChI=1S/C17H23N5O2/c1-10-8-13-15(11(2)24-10)20-21-16(13)17(23)18-9-12-6-5-7-14(19-12)22(3)4/h5-7,10-11H,8-9H2,1-4H3,(H,18,23)(H,20,21)/t10-,11+/m1/s1. The third kappa shape index (κ3) is 3.26. The molecule has 7 nitrogen and oxygen atoms in total. The molecular formula is C17H23N5O2. The molecule has 0 unspecified atom stereocenters. The number of aromatic amines is 1. The number of anilines is 1. The van der Waals surface area contributed by atoms with Gasteiger partial charge in [-0.15, -0.1) is 0 Å². The molecule has 0 saturated carbocycles. The number of hydrogen-bond donors (Lipinski definition) is 2. The molecule has 1 aliphatic rings. The Morgan fingerprint density at radius 1 is 1.42 bits per heavy atom. The molecule has 0 fully saturated rings. The Kier molecular flexibility index (Phi) is 4.53. The number of ether oxygens (including phenoxy) is 1. The van der Waals surface area contributed by atoms with E-state index in [0.717, 1.165) is 22.8 Å². The second-order valence-corrected chi connectivity index (χ2v) is 6.32. The van der Waals surface area contributed by atoms with Gasteiger partial charge in [-0.25, -0.2) is 4.98 Å². The number of carbonyl (C=O) groups excluding carboxylic acids is 1. The van der Waals surface area contributed by atoms with E-state index >= 15 is 0 Å². The first-order chi connectivity index (χ1) is 11.5. The number of fused-ring (bicyclic) bond motifs is 1. The largest absolute Gasteiger partial charge is 0.369 e. The molecule has 2 N–H and O–H groups in total. The SMILES string of the molecule is C[C@@H]1Cc2c(C(=O)NCc3cccc(N(C)C)n3)n[nH]c2[C@H](C)O1. The second-order valence-electron chi connectivity index (χ2n) is 6.32. The molecule has 2 aromatic heterocycles. The van der Waals surface area contributed by atoms with E-state index in [1.807, 2.05) is 51.0 Å². The van der Waals surface area contributed by atoms with Gasteiger partial charge in [-0.05, 0) is 26.0 Å². The number of hydrogen-bond acceptors (Lipinski definition) is 5. The Balaban J connectivity index is 1.71. The molecule has 2 aromatic rings. The van der Waals surface area contributed by atoms with Gasteiger partial charge < -0.3 is 15.0 Å². The molecule has 0 bridgehead atoms. The molecule has 2 atom stereocenters. The Hall–Kier alpha value is -2.41. The highest BCUT2D eigenvalue weighted by atomic mass is 16.5. The Morgan fingerprint density at radius 3 is 2.96 bits per heavy atom. The van der Waals surface area contributed by atoms with E-state index in [0.29, 0.717) is 18.7 Å². The van der Waals surface area contributed by atoms with Crippen LogP contribution in [0.2, 0.25) is 0 Å². The van der Waals surface area contributed by atoms with Crippen LogP contribution in [0, 0.1) is 0 Å². The Morgan fingerprint density at radius 2 is 2.21 bits per heavy atom. The number of H-pyrrole nitrogens is 1. The van der Waals surface area contributed by atoms with Gasteiger partial charge >= 0.3 is 0 Å². The van der Waals surface area contributed by atoms with Gasteiger partial charge in [-0.1, -0.05) is 6.07 Å². The number of nitrogens with one attached hydrogen (secondary N) is 2. The minimum Gasteiger partial charge on any atom is -0.369 e. The molecule has 3 rings (SSSR count). The summed E-state index contributed by atoms with van der Waals surface area (Å²) in [5, 5.41) is 10.0. The molecule has 24 heavy (non-hydrogen) atoms. The van der Waals surface area contributed by atoms with E-state index in [1.54, 1.807) is 0 Å². The molecule has 1 amide bonds. The minimum absolute atomic E-state index is 0.0729. The first-order valence-corrected chi connectivity index (χ1v) is 8.09. The monoisotopic (exact) mass is 329 g/mol. The zero-order chi connectivity index (χ0) is 17.3. The quantitative estimate of drug-likeness (QED) is 0.894. The molecule has 1 aliphatic heterocycles. The fraction of sp³-hybridized carbons (Fsp3) is 0.471. The molecule has 0 radical (unpaired) electrons. The fourth-order valence-corrected chi connectivity index (χ4v) is 2.93. The lowest BCUT2D eigenvalue weighted by atomic mass is 9.99. The van der Waals surface area contributed by atoms with Crippen molar-refractivity contribution in [3.05, 3.63) is 40.8 Å². The second kappa shape index (κ2) is 6.60. The highest BCUT2D eigenvalue weighted by Crippen LogP contribution is 2.30. The number of nitrogens with zero attached hydrogens (tertiary/aromatic N) is 3. The van der Waals surface area contributed by atoms with E-state index in [4.69, 9.17) is 4.74 Å². The first kappa shape index (κ1) is 16.4. The first-order valence-electron chi connectivity index (χ1n) is 8.09. The van der Waals surface area contributed by atoms with Crippen LogP contribution in [0.5, 0.6) is 0 Å². The van der Waals surface area contributed by atoms with Gasteiger partial charge in [0.15, 0.2) is 5.69 Å². The van der Waals surface area contributed by atoms with E-state index in [1.165, 1.54) is 0 Å². The summed E-state index contributed by atoms with van der Waals surface area (Å²) in [6.45, 7) is 4.33. The topological polar surface area (TPSA) is 83.1 Å². The summed E-state index contributed by atoms with van der Waals surface area (Å²) in [6.07, 6.45) is 0.694. The lowest BCUT2D eigenvalue weighted by Gasteiger charge is -2.25. The van der Waals surface area contributed by atoms with Gasteiger partial charge in [0.25, 0.3) is 5.91 Å². The van der Waals surface area contributed by atoms with Crippen molar-refractivity contribution in [2.24, 2.45) is 0 Å². The van der Waals surface area contributed by atoms with Crippen LogP contribution in [0.3, 0.4) is 0 Å². The predicted octanol–water partition coefficient (Wildman–Crippen LogP) is 1.82. The van der Waals surface area contributed by atoms with Crippen LogP contribution >= 0.6 is 0 Å². The van der Waals surface area contributed by atoms with Gasteiger partial charge in [0.1, 0.15) is 5.82 Å². The summed E-state index contributed by atoms with van der Waals surface area (Å²) < 4.78 is 5.75. The zero-order valence-corrected chi connectivity index (χ0v) is 14.5. The van der Waals surface area contributed by atoms with E-state index in [-0.39, 0.29) is 18.1 Å². The summed E-state index contributed by atoms with van der Waals surface area (Å²) in [6, 6.07) is 5.75. The van der Waals surface area contributed by atoms with Crippen LogP contribution in [-0.2, 0) is 17.7 Å². The van der Waals surface area contributed by atoms with Crippen LogP contribution < -0.4 is 10.2 Å². The number of pyridine rings is 1. The highest BCUT2D eigenvalue weighted by Gasteiger charge is 2.29. The van der Waals surface area contributed by atoms with Crippen LogP contribution in [0.4, 0.5) is 5.82 Å². The molecule has 7 heteroatoms. The number of carbonyl (C=O) groups is 1. The summed E-state index contributed by atoms with van der Waals surface area (Å²) in [5.74, 6) is 0.671. The van der Waals surface area contributed by atoms with Crippen molar-refractivity contribution in [3.63, 3.8) is 0 Å². The normalized spacial score (nSPS) is 19.7. The summed E-state index contributed by atoms with van der Waals surface area (Å²) >= 11 is 0. The molecule has 0 aliphatic carbocycles. The van der Waals surface area contributed by atoms with Gasteiger partial charge in [0.05, 0.1) is 30.1 Å². The third-order valence-electron chi connectivity index (χ3n) is 4.13. The number of amides is 1. The Labute approximate surface area is 141 Å². The van der Waals surface area contributed by atoms with Crippen molar-refractivity contribution < 1.29 is 9.53 Å². The molecule has 0 aromatic carbocycles. The Bertz CT molecular complexity index is 740. The van der Waals surface area contributed by atoms with Gasteiger partial charge in [-0.2, -0.15) is 5.10 Å². The molecular weight excluding hydrogens is 306 g/mol. The van der Waals surface area contributed by atoms with Crippen LogP contribution in [0.1, 0.15) is 47.4 Å². The van der Waals surface area contributed by atoms with E-state index < -0.39 is 0 Å². The molecule has 0 spiro atoms. The zero-order valence-electron chi connectivity index (χ0n) is 14.5. The average Bonchev–Trinajstić information content (AvgIpc) is 2.97.